The number of carbonyl (C=O) groups is 1. The van der Waals surface area contributed by atoms with Gasteiger partial charge in [-0.1, -0.05) is 19.3 Å². The molecule has 0 unspecified atom stereocenters. The monoisotopic (exact) mass is 366 g/mol. The van der Waals surface area contributed by atoms with Crippen LogP contribution in [0.5, 0.6) is 11.5 Å². The number of phenols is 2. The van der Waals surface area contributed by atoms with Crippen LogP contribution in [0.1, 0.15) is 10.4 Å². The number of rotatable bonds is 1. The van der Waals surface area contributed by atoms with E-state index in [-0.39, 0.29) is 56.4 Å². The Morgan fingerprint density at radius 3 is 2.14 bits per heavy atom. The van der Waals surface area contributed by atoms with Crippen molar-refractivity contribution in [3.63, 3.8) is 0 Å². The summed E-state index contributed by atoms with van der Waals surface area (Å²) in [4.78, 5) is 10.5. The van der Waals surface area contributed by atoms with E-state index >= 15 is 0 Å². The number of hydrogen-bond donors (Lipinski definition) is 4. The number of carbonyl (C=O) groups excluding carboxylic acids is 1. The Labute approximate surface area is 148 Å². The molecule has 0 fully saturated rings. The van der Waals surface area contributed by atoms with Crippen LogP contribution in [-0.2, 0) is 32.7 Å². The molecule has 0 aliphatic carbocycles. The zero-order valence-electron chi connectivity index (χ0n) is 11.4. The van der Waals surface area contributed by atoms with Crippen molar-refractivity contribution in [3.8, 4) is 11.5 Å². The first kappa shape index (κ1) is 21.9. The average Bonchev–Trinajstić information content (AvgIpc) is 2.40. The molecule has 2 rings (SSSR count). The minimum absolute atomic E-state index is 0. The van der Waals surface area contributed by atoms with E-state index in [1.54, 1.807) is 12.1 Å². The fourth-order valence-electron chi connectivity index (χ4n) is 1.39. The molecule has 0 aliphatic rings. The van der Waals surface area contributed by atoms with Gasteiger partial charge < -0.3 is 27.3 Å². The molecule has 0 aliphatic heterocycles. The predicted molar refractivity (Wildman–Crippen MR) is 77.9 cm³/mol. The SMILES string of the molecule is C=CO.O=Cc1cc2cc(O)ccc2cc1O.[CH2-]CO.[Y]. The van der Waals surface area contributed by atoms with Crippen molar-refractivity contribution in [2.24, 2.45) is 0 Å². The van der Waals surface area contributed by atoms with Gasteiger partial charge in [-0.05, 0) is 35.0 Å². The van der Waals surface area contributed by atoms with Crippen molar-refractivity contribution in [2.45, 2.75) is 0 Å². The van der Waals surface area contributed by atoms with Crippen molar-refractivity contribution < 1.29 is 57.9 Å². The van der Waals surface area contributed by atoms with Gasteiger partial charge in [0.2, 0.25) is 0 Å². The van der Waals surface area contributed by atoms with Crippen LogP contribution in [-0.4, -0.2) is 33.3 Å². The van der Waals surface area contributed by atoms with Gasteiger partial charge >= 0.3 is 0 Å². The normalized spacial score (nSPS) is 8.29. The van der Waals surface area contributed by atoms with Crippen LogP contribution in [0, 0.1) is 6.92 Å². The topological polar surface area (TPSA) is 98.0 Å². The first-order valence-corrected chi connectivity index (χ1v) is 5.60. The Hall–Kier alpha value is -1.43. The smallest absolute Gasteiger partial charge is 0.153 e. The minimum Gasteiger partial charge on any atom is -0.516 e. The van der Waals surface area contributed by atoms with E-state index in [2.05, 4.69) is 13.5 Å². The van der Waals surface area contributed by atoms with Gasteiger partial charge in [0, 0.05) is 32.7 Å². The van der Waals surface area contributed by atoms with Gasteiger partial charge in [-0.3, -0.25) is 4.79 Å². The molecule has 4 N–H and O–H groups in total. The molecule has 0 aromatic heterocycles. The molecule has 0 amide bonds. The molecule has 111 valence electrons. The second kappa shape index (κ2) is 12.3. The van der Waals surface area contributed by atoms with Crippen LogP contribution in [0.3, 0.4) is 0 Å². The van der Waals surface area contributed by atoms with Gasteiger partial charge in [-0.15, -0.1) is 0 Å². The number of aliphatic hydroxyl groups excluding tert-OH is 2. The molecule has 0 spiro atoms. The average molecular weight is 366 g/mol. The summed E-state index contributed by atoms with van der Waals surface area (Å²) in [7, 11) is 0. The van der Waals surface area contributed by atoms with E-state index < -0.39 is 0 Å². The Morgan fingerprint density at radius 1 is 1.14 bits per heavy atom. The Bertz CT molecular complexity index is 569. The number of hydrogen-bond acceptors (Lipinski definition) is 5. The molecule has 0 saturated carbocycles. The van der Waals surface area contributed by atoms with Crippen LogP contribution in [0.2, 0.25) is 0 Å². The zero-order valence-corrected chi connectivity index (χ0v) is 14.3. The molecular weight excluding hydrogens is 349 g/mol. The second-order valence-electron chi connectivity index (χ2n) is 3.47. The molecule has 0 saturated heterocycles. The molecule has 2 aromatic rings. The molecule has 0 atom stereocenters. The quantitative estimate of drug-likeness (QED) is 0.353. The third-order valence-electron chi connectivity index (χ3n) is 2.10. The summed E-state index contributed by atoms with van der Waals surface area (Å²) in [6, 6.07) is 7.79. The summed E-state index contributed by atoms with van der Waals surface area (Å²) in [6.07, 6.45) is 1.33. The molecule has 21 heavy (non-hydrogen) atoms. The standard InChI is InChI=1S/C11H8O3.C2H5O.C2H4O.Y/c12-6-9-3-8-4-10(13)2-1-7(8)5-11(9)14;2*1-2-3;/h1-6,13-14H;3H,1-2H2;2-3H,1H2;/q;-1;;. The van der Waals surface area contributed by atoms with Gasteiger partial charge in [0.1, 0.15) is 11.5 Å². The van der Waals surface area contributed by atoms with Gasteiger partial charge in [0.15, 0.2) is 6.29 Å². The number of aromatic hydroxyl groups is 2. The van der Waals surface area contributed by atoms with E-state index in [9.17, 15) is 15.0 Å². The first-order valence-electron chi connectivity index (χ1n) is 5.60. The van der Waals surface area contributed by atoms with Crippen LogP contribution in [0.4, 0.5) is 0 Å². The van der Waals surface area contributed by atoms with Gasteiger partial charge in [-0.25, -0.2) is 0 Å². The van der Waals surface area contributed by atoms with E-state index in [1.165, 1.54) is 18.2 Å². The van der Waals surface area contributed by atoms with Gasteiger partial charge in [0.05, 0.1) is 11.8 Å². The van der Waals surface area contributed by atoms with E-state index in [0.29, 0.717) is 6.29 Å². The van der Waals surface area contributed by atoms with Crippen molar-refractivity contribution in [1.82, 2.24) is 0 Å². The summed E-state index contributed by atoms with van der Waals surface area (Å²) in [5.74, 6) is 0.0956. The third kappa shape index (κ3) is 7.80. The van der Waals surface area contributed by atoms with Crippen LogP contribution < -0.4 is 0 Å². The molecule has 1 radical (unpaired) electrons. The predicted octanol–water partition coefficient (Wildman–Crippen LogP) is 2.56. The van der Waals surface area contributed by atoms with E-state index in [0.717, 1.165) is 17.0 Å². The van der Waals surface area contributed by atoms with Crippen LogP contribution in [0.25, 0.3) is 10.8 Å². The van der Waals surface area contributed by atoms with E-state index in [1.807, 2.05) is 0 Å². The summed E-state index contributed by atoms with van der Waals surface area (Å²) >= 11 is 0. The maximum atomic E-state index is 10.5. The van der Waals surface area contributed by atoms with Gasteiger partial charge in [0.25, 0.3) is 0 Å². The second-order valence-corrected chi connectivity index (χ2v) is 3.47. The first-order chi connectivity index (χ1) is 9.53. The Morgan fingerprint density at radius 2 is 1.67 bits per heavy atom. The Kier molecular flexibility index (Phi) is 12.8. The van der Waals surface area contributed by atoms with Crippen molar-refractivity contribution in [3.05, 3.63) is 55.7 Å². The molecular formula is C15H17O5Y-. The zero-order chi connectivity index (χ0) is 15.5. The molecule has 0 bridgehead atoms. The van der Waals surface area contributed by atoms with Crippen LogP contribution in [0.15, 0.2) is 43.2 Å². The van der Waals surface area contributed by atoms with Crippen LogP contribution >= 0.6 is 0 Å². The number of aliphatic hydroxyl groups is 2. The summed E-state index contributed by atoms with van der Waals surface area (Å²) < 4.78 is 0. The minimum atomic E-state index is -0.0433. The van der Waals surface area contributed by atoms with Crippen molar-refractivity contribution >= 4 is 17.1 Å². The Balaban J connectivity index is 0. The summed E-state index contributed by atoms with van der Waals surface area (Å²) in [5.41, 5.74) is 0.225. The largest absolute Gasteiger partial charge is 0.516 e. The number of fused-ring (bicyclic) bond motifs is 1. The molecule has 2 aromatic carbocycles. The third-order valence-corrected chi connectivity index (χ3v) is 2.10. The summed E-state index contributed by atoms with van der Waals surface area (Å²) in [5, 5.41) is 34.9. The number of benzene rings is 2. The molecule has 0 heterocycles. The fraction of sp³-hybridized carbons (Fsp3) is 0.0667. The maximum absolute atomic E-state index is 10.5. The van der Waals surface area contributed by atoms with Gasteiger partial charge in [-0.2, -0.15) is 0 Å². The van der Waals surface area contributed by atoms with Crippen molar-refractivity contribution in [2.75, 3.05) is 6.61 Å². The summed E-state index contributed by atoms with van der Waals surface area (Å²) in [6.45, 7) is 5.96. The van der Waals surface area contributed by atoms with E-state index in [4.69, 9.17) is 10.2 Å². The molecule has 5 nitrogen and oxygen atoms in total. The molecule has 6 heteroatoms. The fourth-order valence-corrected chi connectivity index (χ4v) is 1.39. The number of aldehydes is 1. The number of phenolic OH excluding ortho intramolecular Hbond substituents is 2. The maximum Gasteiger partial charge on any atom is 0.153 e. The van der Waals surface area contributed by atoms with Crippen molar-refractivity contribution in [1.29, 1.82) is 0 Å².